The number of hydrogen-bond acceptors (Lipinski definition) is 4. The molecule has 5 heteroatoms. The number of thiophene rings is 1. The van der Waals surface area contributed by atoms with Gasteiger partial charge in [0.25, 0.3) is 0 Å². The molecule has 1 saturated heterocycles. The maximum absolute atomic E-state index is 12.8. The minimum Gasteiger partial charge on any atom is -0.393 e. The Morgan fingerprint density at radius 2 is 2.05 bits per heavy atom. The maximum atomic E-state index is 12.8. The normalized spacial score (nSPS) is 33.9. The van der Waals surface area contributed by atoms with Crippen molar-refractivity contribution >= 4 is 17.2 Å². The van der Waals surface area contributed by atoms with Crippen LogP contribution < -0.4 is 5.32 Å². The van der Waals surface area contributed by atoms with E-state index in [0.717, 1.165) is 25.7 Å². The Bertz CT molecular complexity index is 480. The van der Waals surface area contributed by atoms with E-state index in [1.165, 1.54) is 4.88 Å². The fourth-order valence-electron chi connectivity index (χ4n) is 3.48. The summed E-state index contributed by atoms with van der Waals surface area (Å²) in [4.78, 5) is 16.1. The lowest BCUT2D eigenvalue weighted by Crippen LogP contribution is -2.43. The third-order valence-electron chi connectivity index (χ3n) is 4.68. The van der Waals surface area contributed by atoms with E-state index in [-0.39, 0.29) is 30.3 Å². The second-order valence-electron chi connectivity index (χ2n) is 6.51. The van der Waals surface area contributed by atoms with E-state index >= 15 is 0 Å². The van der Waals surface area contributed by atoms with Crippen LogP contribution in [0.1, 0.15) is 50.6 Å². The van der Waals surface area contributed by atoms with E-state index in [1.807, 2.05) is 6.07 Å². The number of nitrogens with one attached hydrogen (secondary N) is 1. The van der Waals surface area contributed by atoms with Gasteiger partial charge < -0.3 is 10.0 Å². The van der Waals surface area contributed by atoms with Crippen molar-refractivity contribution in [2.75, 3.05) is 0 Å². The second kappa shape index (κ2) is 6.07. The highest BCUT2D eigenvalue weighted by Crippen LogP contribution is 2.36. The number of hydrogen-bond donors (Lipinski definition) is 2. The fourth-order valence-corrected chi connectivity index (χ4v) is 4.26. The molecule has 2 N–H and O–H groups in total. The summed E-state index contributed by atoms with van der Waals surface area (Å²) >= 11 is 1.70. The average Bonchev–Trinajstić information content (AvgIpc) is 3.07. The highest BCUT2D eigenvalue weighted by atomic mass is 32.1. The predicted octanol–water partition coefficient (Wildman–Crippen LogP) is 2.51. The summed E-state index contributed by atoms with van der Waals surface area (Å²) in [5.74, 6) is 0.518. The highest BCUT2D eigenvalue weighted by Gasteiger charge is 2.45. The molecule has 2 atom stereocenters. The smallest absolute Gasteiger partial charge is 0.241 e. The Morgan fingerprint density at radius 3 is 2.62 bits per heavy atom. The molecule has 2 heterocycles. The van der Waals surface area contributed by atoms with Gasteiger partial charge in [0, 0.05) is 10.9 Å². The molecule has 2 fully saturated rings. The molecule has 1 aliphatic heterocycles. The summed E-state index contributed by atoms with van der Waals surface area (Å²) in [5, 5.41) is 15.3. The maximum Gasteiger partial charge on any atom is 0.241 e. The molecule has 2 unspecified atom stereocenters. The minimum absolute atomic E-state index is 0.00476. The lowest BCUT2D eigenvalue weighted by atomic mass is 9.91. The topological polar surface area (TPSA) is 52.6 Å². The van der Waals surface area contributed by atoms with Crippen molar-refractivity contribution in [3.63, 3.8) is 0 Å². The number of rotatable bonds is 3. The van der Waals surface area contributed by atoms with Crippen LogP contribution in [0.2, 0.25) is 0 Å². The van der Waals surface area contributed by atoms with E-state index in [2.05, 4.69) is 35.5 Å². The lowest BCUT2D eigenvalue weighted by molar-refractivity contribution is -0.134. The van der Waals surface area contributed by atoms with Crippen molar-refractivity contribution in [3.05, 3.63) is 22.4 Å². The molecule has 1 saturated carbocycles. The first-order chi connectivity index (χ1) is 10.1. The molecule has 2 aliphatic rings. The van der Waals surface area contributed by atoms with Crippen LogP contribution >= 0.6 is 11.3 Å². The van der Waals surface area contributed by atoms with E-state index in [4.69, 9.17) is 0 Å². The van der Waals surface area contributed by atoms with Crippen LogP contribution in [0.5, 0.6) is 0 Å². The molecule has 21 heavy (non-hydrogen) atoms. The molecule has 116 valence electrons. The van der Waals surface area contributed by atoms with Gasteiger partial charge in [-0.05, 0) is 43.0 Å². The molecular formula is C16H24N2O2S. The molecule has 1 aromatic rings. The summed E-state index contributed by atoms with van der Waals surface area (Å²) in [6.45, 7) is 4.18. The summed E-state index contributed by atoms with van der Waals surface area (Å²) in [5.41, 5.74) is 0. The zero-order valence-corrected chi connectivity index (χ0v) is 13.5. The van der Waals surface area contributed by atoms with E-state index < -0.39 is 0 Å². The van der Waals surface area contributed by atoms with E-state index in [0.29, 0.717) is 5.92 Å². The number of aliphatic hydroxyl groups is 1. The Kier molecular flexibility index (Phi) is 4.33. The van der Waals surface area contributed by atoms with Gasteiger partial charge >= 0.3 is 0 Å². The van der Waals surface area contributed by atoms with Gasteiger partial charge in [-0.2, -0.15) is 0 Å². The Morgan fingerprint density at radius 1 is 1.33 bits per heavy atom. The Balaban J connectivity index is 1.84. The molecule has 1 aliphatic carbocycles. The first kappa shape index (κ1) is 15.0. The largest absolute Gasteiger partial charge is 0.393 e. The fraction of sp³-hybridized carbons (Fsp3) is 0.688. The molecule has 0 aromatic carbocycles. The van der Waals surface area contributed by atoms with Gasteiger partial charge in [-0.1, -0.05) is 19.9 Å². The molecular weight excluding hydrogens is 284 g/mol. The Labute approximate surface area is 130 Å². The van der Waals surface area contributed by atoms with E-state index in [1.54, 1.807) is 11.3 Å². The summed E-state index contributed by atoms with van der Waals surface area (Å²) in [6, 6.07) is 4.30. The van der Waals surface area contributed by atoms with Gasteiger partial charge in [0.05, 0.1) is 12.1 Å². The number of carbonyl (C=O) groups excluding carboxylic acids is 1. The first-order valence-electron chi connectivity index (χ1n) is 7.87. The average molecular weight is 308 g/mol. The summed E-state index contributed by atoms with van der Waals surface area (Å²) < 4.78 is 0. The van der Waals surface area contributed by atoms with Gasteiger partial charge in [-0.25, -0.2) is 0 Å². The van der Waals surface area contributed by atoms with Gasteiger partial charge in [-0.3, -0.25) is 10.1 Å². The van der Waals surface area contributed by atoms with Crippen LogP contribution in [-0.4, -0.2) is 34.1 Å². The lowest BCUT2D eigenvalue weighted by Gasteiger charge is -2.36. The molecule has 0 bridgehead atoms. The zero-order chi connectivity index (χ0) is 15.0. The van der Waals surface area contributed by atoms with Crippen molar-refractivity contribution in [1.29, 1.82) is 0 Å². The van der Waals surface area contributed by atoms with Crippen molar-refractivity contribution in [3.8, 4) is 0 Å². The van der Waals surface area contributed by atoms with Crippen molar-refractivity contribution in [2.24, 2.45) is 5.92 Å². The van der Waals surface area contributed by atoms with Crippen LogP contribution in [0, 0.1) is 5.92 Å². The number of nitrogens with zero attached hydrogens (tertiary/aromatic N) is 1. The van der Waals surface area contributed by atoms with Gasteiger partial charge in [0.2, 0.25) is 5.91 Å². The minimum atomic E-state index is -0.187. The quantitative estimate of drug-likeness (QED) is 0.902. The van der Waals surface area contributed by atoms with Crippen molar-refractivity contribution in [2.45, 2.75) is 63.9 Å². The zero-order valence-electron chi connectivity index (χ0n) is 12.7. The number of amides is 1. The van der Waals surface area contributed by atoms with Crippen molar-refractivity contribution in [1.82, 2.24) is 10.2 Å². The Hall–Kier alpha value is -0.910. The molecule has 0 spiro atoms. The molecule has 1 amide bonds. The van der Waals surface area contributed by atoms with Crippen molar-refractivity contribution < 1.29 is 9.90 Å². The number of aliphatic hydroxyl groups excluding tert-OH is 1. The molecule has 3 rings (SSSR count). The third kappa shape index (κ3) is 2.87. The summed E-state index contributed by atoms with van der Waals surface area (Å²) in [7, 11) is 0. The molecule has 1 aromatic heterocycles. The third-order valence-corrected chi connectivity index (χ3v) is 5.60. The highest BCUT2D eigenvalue weighted by molar-refractivity contribution is 7.10. The molecule has 4 nitrogen and oxygen atoms in total. The van der Waals surface area contributed by atoms with Gasteiger partial charge in [0.1, 0.15) is 6.17 Å². The van der Waals surface area contributed by atoms with Gasteiger partial charge in [0.15, 0.2) is 0 Å². The SMILES string of the molecule is CC(C)C1NC(c2cccs2)N(C2CCC(O)CC2)C1=O. The predicted molar refractivity (Wildman–Crippen MR) is 83.9 cm³/mol. The molecule has 0 radical (unpaired) electrons. The standard InChI is InChI=1S/C16H24N2O2S/c1-10(2)14-16(20)18(11-5-7-12(19)8-6-11)15(17-14)13-4-3-9-21-13/h3-4,9-12,14-15,17,19H,5-8H2,1-2H3. The van der Waals surface area contributed by atoms with Crippen LogP contribution in [0.15, 0.2) is 17.5 Å². The van der Waals surface area contributed by atoms with E-state index in [9.17, 15) is 9.90 Å². The van der Waals surface area contributed by atoms with Gasteiger partial charge in [-0.15, -0.1) is 11.3 Å². The monoisotopic (exact) mass is 308 g/mol. The van der Waals surface area contributed by atoms with Crippen LogP contribution in [0.25, 0.3) is 0 Å². The van der Waals surface area contributed by atoms with Crippen LogP contribution in [-0.2, 0) is 4.79 Å². The van der Waals surface area contributed by atoms with Crippen LogP contribution in [0.3, 0.4) is 0 Å². The summed E-state index contributed by atoms with van der Waals surface area (Å²) in [6.07, 6.45) is 3.23. The second-order valence-corrected chi connectivity index (χ2v) is 7.49. The first-order valence-corrected chi connectivity index (χ1v) is 8.75. The van der Waals surface area contributed by atoms with Crippen LogP contribution in [0.4, 0.5) is 0 Å². The number of carbonyl (C=O) groups is 1.